The Morgan fingerprint density at radius 2 is 1.80 bits per heavy atom. The molecule has 0 saturated heterocycles. The van der Waals surface area contributed by atoms with E-state index in [0.29, 0.717) is 44.6 Å². The number of halogens is 1. The molecule has 0 radical (unpaired) electrons. The Hall–Kier alpha value is -4.98. The zero-order valence-corrected chi connectivity index (χ0v) is 25.1. The van der Waals surface area contributed by atoms with E-state index in [1.54, 1.807) is 26.1 Å². The van der Waals surface area contributed by atoms with Crippen molar-refractivity contribution in [3.63, 3.8) is 0 Å². The number of carboxylic acid groups (broad SMARTS) is 1. The number of thiazole rings is 1. The fourth-order valence-corrected chi connectivity index (χ4v) is 5.23. The summed E-state index contributed by atoms with van der Waals surface area (Å²) in [6.07, 6.45) is 2.12. The number of carbonyl (C=O) groups excluding carboxylic acids is 1. The molecule has 2 atom stereocenters. The van der Waals surface area contributed by atoms with Crippen LogP contribution in [0.3, 0.4) is 0 Å². The number of hydrogen-bond donors (Lipinski definition) is 2. The predicted molar refractivity (Wildman–Crippen MR) is 162 cm³/mol. The first kappa shape index (κ1) is 30.5. The summed E-state index contributed by atoms with van der Waals surface area (Å²) < 4.78 is 32.6. The van der Waals surface area contributed by atoms with Crippen LogP contribution in [0.1, 0.15) is 38.6 Å². The van der Waals surface area contributed by atoms with Gasteiger partial charge in [-0.15, -0.1) is 11.3 Å². The normalized spacial score (nSPS) is 12.6. The Bertz CT molecular complexity index is 1830. The third-order valence-electron chi connectivity index (χ3n) is 6.51. The highest BCUT2D eigenvalue weighted by molar-refractivity contribution is 7.21. The van der Waals surface area contributed by atoms with Crippen LogP contribution in [0, 0.1) is 12.7 Å². The number of carbonyl (C=O) groups is 2. The Labute approximate surface area is 255 Å². The highest BCUT2D eigenvalue weighted by Gasteiger charge is 2.22. The van der Waals surface area contributed by atoms with Crippen LogP contribution in [0.4, 0.5) is 14.9 Å². The predicted octanol–water partition coefficient (Wildman–Crippen LogP) is 5.96. The molecule has 0 aliphatic rings. The Balaban J connectivity index is 1.27. The molecular formula is C30H29FN6O6S. The number of rotatable bonds is 11. The molecule has 14 heteroatoms. The van der Waals surface area contributed by atoms with Crippen molar-refractivity contribution in [2.45, 2.75) is 52.7 Å². The number of aromatic nitrogens is 5. The van der Waals surface area contributed by atoms with Gasteiger partial charge in [-0.25, -0.2) is 34.1 Å². The monoisotopic (exact) mass is 620 g/mol. The molecule has 0 fully saturated rings. The average Bonchev–Trinajstić information content (AvgIpc) is 3.38. The second kappa shape index (κ2) is 13.1. The largest absolute Gasteiger partial charge is 0.484 e. The lowest BCUT2D eigenvalue weighted by Crippen LogP contribution is -2.32. The molecule has 0 spiro atoms. The molecule has 228 valence electrons. The van der Waals surface area contributed by atoms with E-state index in [1.165, 1.54) is 29.8 Å². The molecule has 1 amide bonds. The molecule has 2 unspecified atom stereocenters. The van der Waals surface area contributed by atoms with E-state index in [2.05, 4.69) is 30.2 Å². The number of hydrogen-bond acceptors (Lipinski definition) is 11. The quantitative estimate of drug-likeness (QED) is 0.179. The molecule has 2 aromatic carbocycles. The summed E-state index contributed by atoms with van der Waals surface area (Å²) in [5.74, 6) is -0.785. The summed E-state index contributed by atoms with van der Waals surface area (Å²) in [5, 5.41) is 11.9. The first-order valence-electron chi connectivity index (χ1n) is 13.8. The van der Waals surface area contributed by atoms with Gasteiger partial charge in [-0.1, -0.05) is 0 Å². The lowest BCUT2D eigenvalue weighted by molar-refractivity contribution is -0.137. The number of carboxylic acids is 1. The van der Waals surface area contributed by atoms with Crippen LogP contribution in [0.5, 0.6) is 11.6 Å². The van der Waals surface area contributed by atoms with Crippen LogP contribution in [0.2, 0.25) is 0 Å². The number of nitrogens with zero attached hydrogens (tertiary/aromatic N) is 5. The van der Waals surface area contributed by atoms with Crippen molar-refractivity contribution >= 4 is 50.3 Å². The highest BCUT2D eigenvalue weighted by Crippen LogP contribution is 2.37. The van der Waals surface area contributed by atoms with Crippen LogP contribution < -0.4 is 14.8 Å². The number of amides is 1. The maximum atomic E-state index is 15.1. The molecule has 12 nitrogen and oxygen atoms in total. The third kappa shape index (κ3) is 7.14. The molecule has 5 aromatic rings. The number of aliphatic carboxylic acids is 1. The summed E-state index contributed by atoms with van der Waals surface area (Å²) in [4.78, 5) is 44.9. The van der Waals surface area contributed by atoms with Crippen molar-refractivity contribution in [2.24, 2.45) is 0 Å². The Kier molecular flexibility index (Phi) is 9.09. The lowest BCUT2D eigenvalue weighted by atomic mass is 10.1. The van der Waals surface area contributed by atoms with E-state index in [9.17, 15) is 9.59 Å². The van der Waals surface area contributed by atoms with Crippen LogP contribution in [-0.4, -0.2) is 60.9 Å². The maximum absolute atomic E-state index is 15.1. The minimum atomic E-state index is -0.954. The molecule has 5 rings (SSSR count). The number of aryl methyl sites for hydroxylation is 2. The summed E-state index contributed by atoms with van der Waals surface area (Å²) >= 11 is 1.37. The number of anilines is 1. The van der Waals surface area contributed by atoms with Crippen molar-refractivity contribution < 1.29 is 33.3 Å². The molecule has 2 N–H and O–H groups in total. The zero-order valence-electron chi connectivity index (χ0n) is 24.3. The van der Waals surface area contributed by atoms with Crippen molar-refractivity contribution in [2.75, 3.05) is 11.9 Å². The first-order chi connectivity index (χ1) is 21.1. The Morgan fingerprint density at radius 1 is 1.02 bits per heavy atom. The van der Waals surface area contributed by atoms with Gasteiger partial charge in [-0.2, -0.15) is 0 Å². The number of benzene rings is 2. The van der Waals surface area contributed by atoms with Crippen molar-refractivity contribution in [3.8, 4) is 22.2 Å². The zero-order chi connectivity index (χ0) is 31.4. The van der Waals surface area contributed by atoms with Gasteiger partial charge < -0.3 is 19.3 Å². The minimum absolute atomic E-state index is 0.00310. The van der Waals surface area contributed by atoms with Gasteiger partial charge in [0.15, 0.2) is 11.6 Å². The fourth-order valence-electron chi connectivity index (χ4n) is 4.24. The second-order valence-corrected chi connectivity index (χ2v) is 11.0. The molecule has 0 saturated carbocycles. The molecule has 44 heavy (non-hydrogen) atoms. The molecule has 0 aliphatic carbocycles. The molecule has 0 aliphatic heterocycles. The highest BCUT2D eigenvalue weighted by atomic mass is 32.1. The number of fused-ring (bicyclic) bond motifs is 2. The van der Waals surface area contributed by atoms with E-state index in [-0.39, 0.29) is 24.3 Å². The van der Waals surface area contributed by atoms with E-state index in [1.807, 2.05) is 26.0 Å². The Morgan fingerprint density at radius 3 is 2.52 bits per heavy atom. The standard InChI is InChI=1S/C30H29FN6O6S/c1-5-41-26-14-34-28-19(8-15(2)9-22(28)36-26)29-37-21-10-20(31)23(11-24(21)44-29)42-16(3)17(4)43-30(40)35-18-12-32-25(33-13-18)6-7-27(38)39/h8-14,16-17H,5-7H2,1-4H3,(H,35,40)(H,38,39). The number of nitrogens with one attached hydrogen (secondary N) is 1. The van der Waals surface area contributed by atoms with Crippen LogP contribution in [0.25, 0.3) is 31.8 Å². The van der Waals surface area contributed by atoms with Gasteiger partial charge in [0.25, 0.3) is 0 Å². The van der Waals surface area contributed by atoms with E-state index in [4.69, 9.17) is 19.3 Å². The van der Waals surface area contributed by atoms with Crippen molar-refractivity contribution in [1.82, 2.24) is 24.9 Å². The van der Waals surface area contributed by atoms with Crippen LogP contribution in [0.15, 0.2) is 42.9 Å². The second-order valence-electron chi connectivity index (χ2n) is 9.93. The lowest BCUT2D eigenvalue weighted by Gasteiger charge is -2.22. The molecule has 3 heterocycles. The van der Waals surface area contributed by atoms with E-state index in [0.717, 1.165) is 11.1 Å². The average molecular weight is 621 g/mol. The topological polar surface area (TPSA) is 159 Å². The van der Waals surface area contributed by atoms with Crippen molar-refractivity contribution in [1.29, 1.82) is 0 Å². The summed E-state index contributed by atoms with van der Waals surface area (Å²) in [6.45, 7) is 7.59. The molecule has 0 bridgehead atoms. The third-order valence-corrected chi connectivity index (χ3v) is 7.57. The summed E-state index contributed by atoms with van der Waals surface area (Å²) in [6, 6.07) is 6.78. The van der Waals surface area contributed by atoms with Gasteiger partial charge >= 0.3 is 12.1 Å². The van der Waals surface area contributed by atoms with Gasteiger partial charge in [-0.05, 0) is 45.4 Å². The molecular weight excluding hydrogens is 591 g/mol. The van der Waals surface area contributed by atoms with Gasteiger partial charge in [-0.3, -0.25) is 10.1 Å². The number of ether oxygens (including phenoxy) is 3. The van der Waals surface area contributed by atoms with Crippen molar-refractivity contribution in [3.05, 3.63) is 60.1 Å². The smallest absolute Gasteiger partial charge is 0.412 e. The fraction of sp³-hybridized carbons (Fsp3) is 0.300. The summed E-state index contributed by atoms with van der Waals surface area (Å²) in [7, 11) is 0. The van der Waals surface area contributed by atoms with Crippen LogP contribution in [-0.2, 0) is 16.0 Å². The summed E-state index contributed by atoms with van der Waals surface area (Å²) in [5.41, 5.74) is 3.82. The van der Waals surface area contributed by atoms with Crippen LogP contribution >= 0.6 is 11.3 Å². The van der Waals surface area contributed by atoms with Gasteiger partial charge in [0.05, 0.1) is 58.6 Å². The maximum Gasteiger partial charge on any atom is 0.412 e. The minimum Gasteiger partial charge on any atom is -0.484 e. The SMILES string of the molecule is CCOc1cnc2c(-c3nc4cc(F)c(OC(C)C(C)OC(=O)Nc5cnc(CCC(=O)O)nc5)cc4s3)cc(C)cc2n1. The van der Waals surface area contributed by atoms with Gasteiger partial charge in [0.1, 0.15) is 23.0 Å². The first-order valence-corrected chi connectivity index (χ1v) is 14.6. The van der Waals surface area contributed by atoms with Gasteiger partial charge in [0.2, 0.25) is 5.88 Å². The van der Waals surface area contributed by atoms with E-state index < -0.39 is 30.1 Å². The molecule has 3 aromatic heterocycles. The van der Waals surface area contributed by atoms with E-state index >= 15 is 4.39 Å². The van der Waals surface area contributed by atoms with Gasteiger partial charge in [0, 0.05) is 24.1 Å².